The van der Waals surface area contributed by atoms with Gasteiger partial charge >= 0.3 is 5.97 Å². The molecular formula is C14H17Br2NO3. The van der Waals surface area contributed by atoms with Crippen molar-refractivity contribution in [2.24, 2.45) is 5.41 Å². The standard InChI is InChI=1S/C14H17Br2NO3/c1-3-14(4-2,13(19)20)8-12(18)17-11-6-5-9(15)7-10(11)16/h5-7H,3-4,8H2,1-2H3,(H,17,18)(H,19,20). The summed E-state index contributed by atoms with van der Waals surface area (Å²) >= 11 is 6.69. The fourth-order valence-corrected chi connectivity index (χ4v) is 3.12. The van der Waals surface area contributed by atoms with Crippen LogP contribution < -0.4 is 5.32 Å². The molecule has 2 N–H and O–H groups in total. The molecule has 1 aromatic carbocycles. The van der Waals surface area contributed by atoms with Crippen LogP contribution in [0.2, 0.25) is 0 Å². The second kappa shape index (κ2) is 7.22. The monoisotopic (exact) mass is 405 g/mol. The Labute approximate surface area is 135 Å². The Bertz CT molecular complexity index is 513. The van der Waals surface area contributed by atoms with Gasteiger partial charge in [0.1, 0.15) is 0 Å². The largest absolute Gasteiger partial charge is 0.481 e. The number of amides is 1. The first kappa shape index (κ1) is 17.2. The Morgan fingerprint density at radius 1 is 1.25 bits per heavy atom. The van der Waals surface area contributed by atoms with Crippen LogP contribution in [0.1, 0.15) is 33.1 Å². The zero-order chi connectivity index (χ0) is 15.3. The highest BCUT2D eigenvalue weighted by Gasteiger charge is 2.37. The summed E-state index contributed by atoms with van der Waals surface area (Å²) in [6.07, 6.45) is 0.819. The van der Waals surface area contributed by atoms with E-state index in [4.69, 9.17) is 0 Å². The molecule has 0 unspecified atom stereocenters. The van der Waals surface area contributed by atoms with E-state index < -0.39 is 11.4 Å². The molecule has 4 nitrogen and oxygen atoms in total. The zero-order valence-electron chi connectivity index (χ0n) is 11.4. The molecule has 20 heavy (non-hydrogen) atoms. The van der Waals surface area contributed by atoms with Crippen LogP contribution >= 0.6 is 31.9 Å². The van der Waals surface area contributed by atoms with E-state index in [2.05, 4.69) is 37.2 Å². The number of hydrogen-bond donors (Lipinski definition) is 2. The second-order valence-corrected chi connectivity index (χ2v) is 6.41. The van der Waals surface area contributed by atoms with Gasteiger partial charge in [0.05, 0.1) is 11.1 Å². The lowest BCUT2D eigenvalue weighted by Gasteiger charge is -2.25. The van der Waals surface area contributed by atoms with Crippen molar-refractivity contribution < 1.29 is 14.7 Å². The molecule has 0 radical (unpaired) electrons. The molecule has 6 heteroatoms. The summed E-state index contributed by atoms with van der Waals surface area (Å²) < 4.78 is 1.64. The Morgan fingerprint density at radius 3 is 2.30 bits per heavy atom. The lowest BCUT2D eigenvalue weighted by molar-refractivity contribution is -0.151. The number of carboxylic acid groups (broad SMARTS) is 1. The summed E-state index contributed by atoms with van der Waals surface area (Å²) in [4.78, 5) is 23.5. The number of hydrogen-bond acceptors (Lipinski definition) is 2. The first-order valence-electron chi connectivity index (χ1n) is 6.33. The summed E-state index contributed by atoms with van der Waals surface area (Å²) in [5.74, 6) is -1.22. The Kier molecular flexibility index (Phi) is 6.20. The van der Waals surface area contributed by atoms with Gasteiger partial charge in [-0.3, -0.25) is 9.59 Å². The molecule has 0 heterocycles. The van der Waals surface area contributed by atoms with Gasteiger partial charge in [0.25, 0.3) is 0 Å². The average molecular weight is 407 g/mol. The maximum absolute atomic E-state index is 12.1. The van der Waals surface area contributed by atoms with Crippen LogP contribution in [-0.4, -0.2) is 17.0 Å². The first-order chi connectivity index (χ1) is 9.34. The number of halogens is 2. The molecular weight excluding hydrogens is 390 g/mol. The van der Waals surface area contributed by atoms with Crippen molar-refractivity contribution in [3.8, 4) is 0 Å². The molecule has 110 valence electrons. The van der Waals surface area contributed by atoms with Gasteiger partial charge in [0, 0.05) is 15.4 Å². The van der Waals surface area contributed by atoms with Crippen LogP contribution in [-0.2, 0) is 9.59 Å². The molecule has 0 bridgehead atoms. The predicted molar refractivity (Wildman–Crippen MR) is 85.7 cm³/mol. The summed E-state index contributed by atoms with van der Waals surface area (Å²) in [5, 5.41) is 12.1. The van der Waals surface area contributed by atoms with Crippen molar-refractivity contribution in [3.05, 3.63) is 27.1 Å². The normalized spacial score (nSPS) is 11.2. The van der Waals surface area contributed by atoms with E-state index in [1.54, 1.807) is 19.9 Å². The van der Waals surface area contributed by atoms with Crippen molar-refractivity contribution >= 4 is 49.4 Å². The van der Waals surface area contributed by atoms with E-state index in [1.165, 1.54) is 0 Å². The SMILES string of the molecule is CCC(CC)(CC(=O)Nc1ccc(Br)cc1Br)C(=O)O. The van der Waals surface area contributed by atoms with E-state index in [1.807, 2.05) is 12.1 Å². The highest BCUT2D eigenvalue weighted by molar-refractivity contribution is 9.11. The Balaban J connectivity index is 2.83. The molecule has 0 aliphatic carbocycles. The minimum Gasteiger partial charge on any atom is -0.481 e. The van der Waals surface area contributed by atoms with Crippen LogP contribution in [0, 0.1) is 5.41 Å². The molecule has 0 aliphatic rings. The van der Waals surface area contributed by atoms with Crippen LogP contribution in [0.4, 0.5) is 5.69 Å². The van der Waals surface area contributed by atoms with Gasteiger partial charge in [-0.2, -0.15) is 0 Å². The number of carbonyl (C=O) groups excluding carboxylic acids is 1. The van der Waals surface area contributed by atoms with E-state index >= 15 is 0 Å². The van der Waals surface area contributed by atoms with Gasteiger partial charge in [-0.1, -0.05) is 29.8 Å². The van der Waals surface area contributed by atoms with Crippen LogP contribution in [0.15, 0.2) is 27.1 Å². The number of nitrogens with one attached hydrogen (secondary N) is 1. The number of rotatable bonds is 6. The fourth-order valence-electron chi connectivity index (χ4n) is 1.97. The molecule has 1 aromatic rings. The Morgan fingerprint density at radius 2 is 1.85 bits per heavy atom. The second-order valence-electron chi connectivity index (χ2n) is 4.64. The molecule has 0 fully saturated rings. The van der Waals surface area contributed by atoms with E-state index in [-0.39, 0.29) is 12.3 Å². The summed E-state index contributed by atoms with van der Waals surface area (Å²) in [6, 6.07) is 5.39. The van der Waals surface area contributed by atoms with Crippen molar-refractivity contribution in [2.75, 3.05) is 5.32 Å². The molecule has 0 aromatic heterocycles. The van der Waals surface area contributed by atoms with Gasteiger partial charge in [-0.05, 0) is 47.0 Å². The molecule has 0 saturated heterocycles. The Hall–Kier alpha value is -0.880. The zero-order valence-corrected chi connectivity index (χ0v) is 14.5. The smallest absolute Gasteiger partial charge is 0.310 e. The van der Waals surface area contributed by atoms with Gasteiger partial charge in [0.15, 0.2) is 0 Å². The van der Waals surface area contributed by atoms with Crippen LogP contribution in [0.25, 0.3) is 0 Å². The van der Waals surface area contributed by atoms with E-state index in [0.717, 1.165) is 8.95 Å². The third-order valence-electron chi connectivity index (χ3n) is 3.51. The number of aliphatic carboxylic acids is 1. The van der Waals surface area contributed by atoms with Crippen molar-refractivity contribution in [2.45, 2.75) is 33.1 Å². The molecule has 0 saturated carbocycles. The van der Waals surface area contributed by atoms with Crippen molar-refractivity contribution in [3.63, 3.8) is 0 Å². The van der Waals surface area contributed by atoms with Crippen molar-refractivity contribution in [1.82, 2.24) is 0 Å². The number of carbonyl (C=O) groups is 2. The van der Waals surface area contributed by atoms with Gasteiger partial charge in [0.2, 0.25) is 5.91 Å². The maximum Gasteiger partial charge on any atom is 0.310 e. The average Bonchev–Trinajstić information content (AvgIpc) is 2.39. The van der Waals surface area contributed by atoms with E-state index in [0.29, 0.717) is 18.5 Å². The third-order valence-corrected chi connectivity index (χ3v) is 4.66. The predicted octanol–water partition coefficient (Wildman–Crippen LogP) is 4.43. The van der Waals surface area contributed by atoms with E-state index in [9.17, 15) is 14.7 Å². The third kappa shape index (κ3) is 4.06. The minimum atomic E-state index is -0.994. The molecule has 1 amide bonds. The lowest BCUT2D eigenvalue weighted by atomic mass is 9.79. The highest BCUT2D eigenvalue weighted by atomic mass is 79.9. The molecule has 0 spiro atoms. The topological polar surface area (TPSA) is 66.4 Å². The quantitative estimate of drug-likeness (QED) is 0.734. The number of benzene rings is 1. The number of anilines is 1. The molecule has 1 rings (SSSR count). The van der Waals surface area contributed by atoms with Crippen LogP contribution in [0.5, 0.6) is 0 Å². The summed E-state index contributed by atoms with van der Waals surface area (Å²) in [5.41, 5.74) is -0.365. The fraction of sp³-hybridized carbons (Fsp3) is 0.429. The van der Waals surface area contributed by atoms with Gasteiger partial charge < -0.3 is 10.4 Å². The highest BCUT2D eigenvalue weighted by Crippen LogP contribution is 2.32. The molecule has 0 atom stereocenters. The maximum atomic E-state index is 12.1. The minimum absolute atomic E-state index is 0.0299. The lowest BCUT2D eigenvalue weighted by Crippen LogP contribution is -2.34. The van der Waals surface area contributed by atoms with Gasteiger partial charge in [-0.25, -0.2) is 0 Å². The number of carboxylic acids is 1. The molecule has 0 aliphatic heterocycles. The van der Waals surface area contributed by atoms with Crippen LogP contribution in [0.3, 0.4) is 0 Å². The van der Waals surface area contributed by atoms with Crippen molar-refractivity contribution in [1.29, 1.82) is 0 Å². The first-order valence-corrected chi connectivity index (χ1v) is 7.91. The summed E-state index contributed by atoms with van der Waals surface area (Å²) in [6.45, 7) is 3.58. The van der Waals surface area contributed by atoms with Gasteiger partial charge in [-0.15, -0.1) is 0 Å². The summed E-state index contributed by atoms with van der Waals surface area (Å²) in [7, 11) is 0.